The second-order valence-electron chi connectivity index (χ2n) is 7.11. The summed E-state index contributed by atoms with van der Waals surface area (Å²) in [6.07, 6.45) is 1.65. The van der Waals surface area contributed by atoms with Gasteiger partial charge in [-0.05, 0) is 18.1 Å². The van der Waals surface area contributed by atoms with Crippen LogP contribution in [0.25, 0.3) is 21.3 Å². The molecule has 0 radical (unpaired) electrons. The summed E-state index contributed by atoms with van der Waals surface area (Å²) in [7, 11) is 0. The first-order valence-corrected chi connectivity index (χ1v) is 11.5. The van der Waals surface area contributed by atoms with Gasteiger partial charge in [0.2, 0.25) is 5.91 Å². The molecule has 2 N–H and O–H groups in total. The standard InChI is InChI=1S/C24H21N3O2S2/c1-3-13-27-23(29)19-18(16-11-9-15(2)10-12-16)14-30-22(19)26-24(27)31-20(21(25)28)17-7-5-4-6-8-17/h3-12,14,20H,1,13H2,2H3,(H2,25,28). The maximum atomic E-state index is 13.5. The second kappa shape index (κ2) is 8.91. The molecule has 4 rings (SSSR count). The molecule has 7 heteroatoms. The fraction of sp³-hybridized carbons (Fsp3) is 0.125. The van der Waals surface area contributed by atoms with Crippen LogP contribution in [-0.4, -0.2) is 15.5 Å². The van der Waals surface area contributed by atoms with Gasteiger partial charge in [-0.15, -0.1) is 17.9 Å². The van der Waals surface area contributed by atoms with Crippen molar-refractivity contribution in [2.75, 3.05) is 0 Å². The Hall–Kier alpha value is -3.16. The number of carbonyl (C=O) groups excluding carboxylic acids is 1. The van der Waals surface area contributed by atoms with Gasteiger partial charge in [0.1, 0.15) is 10.1 Å². The third kappa shape index (κ3) is 4.19. The smallest absolute Gasteiger partial charge is 0.263 e. The minimum Gasteiger partial charge on any atom is -0.368 e. The summed E-state index contributed by atoms with van der Waals surface area (Å²) in [5, 5.41) is 2.33. The molecule has 0 bridgehead atoms. The van der Waals surface area contributed by atoms with Crippen LogP contribution in [0.2, 0.25) is 0 Å². The molecule has 156 valence electrons. The zero-order valence-electron chi connectivity index (χ0n) is 16.9. The third-order valence-corrected chi connectivity index (χ3v) is 7.05. The van der Waals surface area contributed by atoms with Crippen molar-refractivity contribution in [1.82, 2.24) is 9.55 Å². The van der Waals surface area contributed by atoms with Gasteiger partial charge in [0.15, 0.2) is 5.16 Å². The number of aromatic nitrogens is 2. The van der Waals surface area contributed by atoms with Crippen LogP contribution < -0.4 is 11.3 Å². The van der Waals surface area contributed by atoms with Crippen molar-refractivity contribution in [2.45, 2.75) is 23.9 Å². The minimum atomic E-state index is -0.654. The molecule has 0 spiro atoms. The average Bonchev–Trinajstić information content (AvgIpc) is 3.19. The van der Waals surface area contributed by atoms with Crippen molar-refractivity contribution in [3.63, 3.8) is 0 Å². The molecule has 0 aliphatic heterocycles. The number of fused-ring (bicyclic) bond motifs is 1. The molecular formula is C24H21N3O2S2. The molecule has 0 saturated carbocycles. The highest BCUT2D eigenvalue weighted by atomic mass is 32.2. The summed E-state index contributed by atoms with van der Waals surface area (Å²) in [5.41, 5.74) is 9.30. The van der Waals surface area contributed by atoms with E-state index in [1.807, 2.05) is 66.9 Å². The summed E-state index contributed by atoms with van der Waals surface area (Å²) in [6.45, 7) is 6.10. The van der Waals surface area contributed by atoms with Crippen LogP contribution in [0.4, 0.5) is 0 Å². The lowest BCUT2D eigenvalue weighted by atomic mass is 10.1. The largest absolute Gasteiger partial charge is 0.368 e. The molecule has 0 aliphatic rings. The van der Waals surface area contributed by atoms with Crippen molar-refractivity contribution >= 4 is 39.2 Å². The predicted octanol–water partition coefficient (Wildman–Crippen LogP) is 4.94. The first-order valence-electron chi connectivity index (χ1n) is 9.70. The number of nitrogens with zero attached hydrogens (tertiary/aromatic N) is 2. The number of thioether (sulfide) groups is 1. The van der Waals surface area contributed by atoms with E-state index >= 15 is 0 Å². The molecule has 2 heterocycles. The number of amides is 1. The molecule has 1 unspecified atom stereocenters. The van der Waals surface area contributed by atoms with E-state index in [1.54, 1.807) is 10.6 Å². The van der Waals surface area contributed by atoms with Gasteiger partial charge in [0.25, 0.3) is 5.56 Å². The molecule has 31 heavy (non-hydrogen) atoms. The number of benzene rings is 2. The summed E-state index contributed by atoms with van der Waals surface area (Å²) in [4.78, 5) is 31.1. The predicted molar refractivity (Wildman–Crippen MR) is 128 cm³/mol. The summed E-state index contributed by atoms with van der Waals surface area (Å²) in [6, 6.07) is 17.3. The van der Waals surface area contributed by atoms with Crippen LogP contribution in [0.15, 0.2) is 82.6 Å². The van der Waals surface area contributed by atoms with Crippen molar-refractivity contribution in [1.29, 1.82) is 0 Å². The van der Waals surface area contributed by atoms with E-state index in [4.69, 9.17) is 10.7 Å². The third-order valence-electron chi connectivity index (χ3n) is 4.92. The fourth-order valence-electron chi connectivity index (χ4n) is 3.35. The molecular weight excluding hydrogens is 426 g/mol. The summed E-state index contributed by atoms with van der Waals surface area (Å²) < 4.78 is 1.56. The van der Waals surface area contributed by atoms with Crippen LogP contribution in [0, 0.1) is 6.92 Å². The SMILES string of the molecule is C=CCn1c(SC(C(N)=O)c2ccccc2)nc2scc(-c3ccc(C)cc3)c2c1=O. The highest BCUT2D eigenvalue weighted by Crippen LogP contribution is 2.37. The second-order valence-corrected chi connectivity index (χ2v) is 9.04. The lowest BCUT2D eigenvalue weighted by Gasteiger charge is -2.16. The Balaban J connectivity index is 1.85. The van der Waals surface area contributed by atoms with Gasteiger partial charge in [-0.2, -0.15) is 0 Å². The Bertz CT molecular complexity index is 1310. The van der Waals surface area contributed by atoms with Gasteiger partial charge >= 0.3 is 0 Å². The molecule has 2 aromatic heterocycles. The number of primary amides is 1. The molecule has 1 atom stereocenters. The van der Waals surface area contributed by atoms with E-state index < -0.39 is 11.2 Å². The van der Waals surface area contributed by atoms with Gasteiger partial charge in [0, 0.05) is 17.5 Å². The lowest BCUT2D eigenvalue weighted by molar-refractivity contribution is -0.117. The summed E-state index contributed by atoms with van der Waals surface area (Å²) >= 11 is 2.61. The van der Waals surface area contributed by atoms with Crippen molar-refractivity contribution in [3.8, 4) is 11.1 Å². The molecule has 0 saturated heterocycles. The van der Waals surface area contributed by atoms with Gasteiger partial charge in [0.05, 0.1) is 5.39 Å². The minimum absolute atomic E-state index is 0.152. The van der Waals surface area contributed by atoms with E-state index in [9.17, 15) is 9.59 Å². The van der Waals surface area contributed by atoms with Crippen LogP contribution >= 0.6 is 23.1 Å². The Morgan fingerprint density at radius 3 is 2.58 bits per heavy atom. The number of hydrogen-bond donors (Lipinski definition) is 1. The van der Waals surface area contributed by atoms with E-state index in [0.717, 1.165) is 22.3 Å². The molecule has 4 aromatic rings. The molecule has 0 aliphatic carbocycles. The Morgan fingerprint density at radius 2 is 1.94 bits per heavy atom. The molecule has 1 amide bonds. The van der Waals surface area contributed by atoms with E-state index in [-0.39, 0.29) is 12.1 Å². The van der Waals surface area contributed by atoms with Crippen LogP contribution in [0.1, 0.15) is 16.4 Å². The van der Waals surface area contributed by atoms with Crippen LogP contribution in [-0.2, 0) is 11.3 Å². The van der Waals surface area contributed by atoms with Crippen LogP contribution in [0.5, 0.6) is 0 Å². The number of thiophene rings is 1. The number of nitrogens with two attached hydrogens (primary N) is 1. The molecule has 0 fully saturated rings. The molecule has 5 nitrogen and oxygen atoms in total. The highest BCUT2D eigenvalue weighted by molar-refractivity contribution is 8.00. The number of rotatable bonds is 7. The van der Waals surface area contributed by atoms with E-state index in [0.29, 0.717) is 15.4 Å². The number of allylic oxidation sites excluding steroid dienone is 1. The van der Waals surface area contributed by atoms with Gasteiger partial charge in [-0.1, -0.05) is 78.0 Å². The van der Waals surface area contributed by atoms with Crippen molar-refractivity contribution in [3.05, 3.63) is 94.1 Å². The maximum Gasteiger partial charge on any atom is 0.263 e. The number of carbonyl (C=O) groups is 1. The Morgan fingerprint density at radius 1 is 1.23 bits per heavy atom. The van der Waals surface area contributed by atoms with Crippen LogP contribution in [0.3, 0.4) is 0 Å². The fourth-order valence-corrected chi connectivity index (χ4v) is 5.40. The number of aryl methyl sites for hydroxylation is 1. The zero-order chi connectivity index (χ0) is 22.0. The Labute approximate surface area is 188 Å². The highest BCUT2D eigenvalue weighted by Gasteiger charge is 2.24. The van der Waals surface area contributed by atoms with Gasteiger partial charge in [-0.3, -0.25) is 14.2 Å². The maximum absolute atomic E-state index is 13.5. The van der Waals surface area contributed by atoms with E-state index in [1.165, 1.54) is 23.1 Å². The number of hydrogen-bond acceptors (Lipinski definition) is 5. The lowest BCUT2D eigenvalue weighted by Crippen LogP contribution is -2.25. The first-order chi connectivity index (χ1) is 15.0. The zero-order valence-corrected chi connectivity index (χ0v) is 18.6. The van der Waals surface area contributed by atoms with Gasteiger partial charge in [-0.25, -0.2) is 4.98 Å². The molecule has 2 aromatic carbocycles. The quantitative estimate of drug-likeness (QED) is 0.247. The Kier molecular flexibility index (Phi) is 6.06. The average molecular weight is 448 g/mol. The first kappa shape index (κ1) is 21.1. The van der Waals surface area contributed by atoms with Crippen molar-refractivity contribution < 1.29 is 4.79 Å². The monoisotopic (exact) mass is 447 g/mol. The summed E-state index contributed by atoms with van der Waals surface area (Å²) in [5.74, 6) is -0.484. The van der Waals surface area contributed by atoms with E-state index in [2.05, 4.69) is 6.58 Å². The van der Waals surface area contributed by atoms with Gasteiger partial charge < -0.3 is 5.73 Å². The topological polar surface area (TPSA) is 78.0 Å². The van der Waals surface area contributed by atoms with Crippen molar-refractivity contribution in [2.24, 2.45) is 5.73 Å². The normalized spacial score (nSPS) is 12.0.